The van der Waals surface area contributed by atoms with Gasteiger partial charge >= 0.3 is 5.97 Å². The lowest BCUT2D eigenvalue weighted by atomic mass is 9.69. The second kappa shape index (κ2) is 21.6. The number of phenols is 1. The topological polar surface area (TPSA) is 119 Å². The molecule has 7 heteroatoms. The maximum atomic E-state index is 12.4. The van der Waals surface area contributed by atoms with Gasteiger partial charge in [-0.05, 0) is 73.0 Å². The van der Waals surface area contributed by atoms with E-state index in [9.17, 15) is 20.1 Å². The Bertz CT molecular complexity index is 1370. The molecule has 5 N–H and O–H groups in total. The highest BCUT2D eigenvalue weighted by Gasteiger charge is 2.43. The number of carbonyl (C=O) groups is 1. The third kappa shape index (κ3) is 11.5. The van der Waals surface area contributed by atoms with Crippen LogP contribution in [0, 0.1) is 0 Å². The van der Waals surface area contributed by atoms with Gasteiger partial charge < -0.3 is 30.5 Å². The summed E-state index contributed by atoms with van der Waals surface area (Å²) in [6, 6.07) is 33.0. The van der Waals surface area contributed by atoms with Crippen molar-refractivity contribution in [2.45, 2.75) is 63.1 Å². The zero-order valence-corrected chi connectivity index (χ0v) is 27.8. The maximum Gasteiger partial charge on any atom is 0.323 e. The second-order valence-electron chi connectivity index (χ2n) is 11.7. The van der Waals surface area contributed by atoms with Crippen molar-refractivity contribution in [2.75, 3.05) is 26.3 Å². The molecule has 0 aliphatic rings. The number of aliphatic hydroxyl groups excluding tert-OH is 2. The van der Waals surface area contributed by atoms with Gasteiger partial charge in [0, 0.05) is 25.3 Å². The van der Waals surface area contributed by atoms with Crippen LogP contribution in [0.1, 0.15) is 78.9 Å². The number of hydrogen-bond donors (Lipinski definition) is 5. The first kappa shape index (κ1) is 38.2. The number of aliphatic hydroxyl groups is 2. The van der Waals surface area contributed by atoms with Gasteiger partial charge in [0.05, 0.1) is 12.7 Å². The standard InChI is InChI=1S/C21H35NO4.C20H16O2/c1-2-3-4-8-13-26-14-9-6-5-7-12-22-16-21(25)18-10-11-20(24)19(15-18)17-23;21-19(22)20(16-10-4-1-5-11-16,17-12-6-2-7-13-17)18-14-8-3-9-15-18/h2,10-11,15,21-25H,1,3-9,12-14,16-17H2;1-15H,(H,21,22)/t21-;/m0./s1. The Balaban J connectivity index is 0.000000263. The summed E-state index contributed by atoms with van der Waals surface area (Å²) < 4.78 is 5.60. The number of carboxylic acids is 1. The van der Waals surface area contributed by atoms with E-state index >= 15 is 0 Å². The fourth-order valence-corrected chi connectivity index (χ4v) is 5.63. The third-order valence-corrected chi connectivity index (χ3v) is 8.28. The van der Waals surface area contributed by atoms with Gasteiger partial charge in [0.15, 0.2) is 0 Å². The maximum absolute atomic E-state index is 12.4. The minimum atomic E-state index is -1.20. The van der Waals surface area contributed by atoms with E-state index in [4.69, 9.17) is 9.84 Å². The van der Waals surface area contributed by atoms with Gasteiger partial charge in [0.25, 0.3) is 0 Å². The molecule has 4 rings (SSSR count). The molecule has 0 aliphatic carbocycles. The van der Waals surface area contributed by atoms with E-state index in [-0.39, 0.29) is 12.4 Å². The number of hydrogen-bond acceptors (Lipinski definition) is 6. The van der Waals surface area contributed by atoms with E-state index in [2.05, 4.69) is 11.9 Å². The van der Waals surface area contributed by atoms with Crippen LogP contribution < -0.4 is 5.32 Å². The van der Waals surface area contributed by atoms with Gasteiger partial charge in [0.2, 0.25) is 0 Å². The minimum absolute atomic E-state index is 0.0529. The van der Waals surface area contributed by atoms with E-state index in [0.29, 0.717) is 17.7 Å². The van der Waals surface area contributed by atoms with Crippen molar-refractivity contribution in [3.05, 3.63) is 150 Å². The summed E-state index contributed by atoms with van der Waals surface area (Å²) in [5.41, 5.74) is 2.18. The number of aromatic hydroxyl groups is 1. The molecule has 0 saturated carbocycles. The molecule has 0 unspecified atom stereocenters. The molecule has 0 fully saturated rings. The number of aliphatic carboxylic acids is 1. The van der Waals surface area contributed by atoms with Crippen LogP contribution in [0.4, 0.5) is 0 Å². The van der Waals surface area contributed by atoms with Crippen LogP contribution in [0.2, 0.25) is 0 Å². The molecule has 0 aromatic heterocycles. The van der Waals surface area contributed by atoms with E-state index in [0.717, 1.165) is 81.4 Å². The number of allylic oxidation sites excluding steroid dienone is 1. The fraction of sp³-hybridized carbons (Fsp3) is 0.341. The molecule has 1 atom stereocenters. The van der Waals surface area contributed by atoms with Crippen LogP contribution in [0.15, 0.2) is 122 Å². The third-order valence-electron chi connectivity index (χ3n) is 8.28. The highest BCUT2D eigenvalue weighted by molar-refractivity contribution is 5.90. The molecule has 0 aliphatic heterocycles. The second-order valence-corrected chi connectivity index (χ2v) is 11.7. The van der Waals surface area contributed by atoms with Gasteiger partial charge in [0.1, 0.15) is 11.2 Å². The SMILES string of the molecule is C=CCCCCOCCCCCCNC[C@H](O)c1ccc(O)c(CO)c1.O=C(O)C(c1ccccc1)(c1ccccc1)c1ccccc1. The molecule has 0 bridgehead atoms. The quantitative estimate of drug-likeness (QED) is 0.0380. The molecule has 7 nitrogen and oxygen atoms in total. The lowest BCUT2D eigenvalue weighted by Crippen LogP contribution is -2.38. The lowest BCUT2D eigenvalue weighted by molar-refractivity contribution is -0.140. The molecule has 256 valence electrons. The summed E-state index contributed by atoms with van der Waals surface area (Å²) >= 11 is 0. The normalized spacial score (nSPS) is 11.7. The number of unbranched alkanes of at least 4 members (excludes halogenated alkanes) is 5. The van der Waals surface area contributed by atoms with Crippen molar-refractivity contribution >= 4 is 5.97 Å². The average Bonchev–Trinajstić information content (AvgIpc) is 3.12. The van der Waals surface area contributed by atoms with Crippen molar-refractivity contribution in [3.8, 4) is 5.75 Å². The van der Waals surface area contributed by atoms with E-state index in [1.807, 2.05) is 97.1 Å². The molecule has 0 radical (unpaired) electrons. The molecule has 48 heavy (non-hydrogen) atoms. The van der Waals surface area contributed by atoms with Crippen LogP contribution in [0.5, 0.6) is 5.75 Å². The monoisotopic (exact) mass is 653 g/mol. The largest absolute Gasteiger partial charge is 0.508 e. The fourth-order valence-electron chi connectivity index (χ4n) is 5.63. The summed E-state index contributed by atoms with van der Waals surface area (Å²) in [4.78, 5) is 12.4. The number of nitrogens with one attached hydrogen (secondary N) is 1. The Morgan fingerprint density at radius 1 is 0.771 bits per heavy atom. The number of rotatable bonds is 20. The van der Waals surface area contributed by atoms with Crippen LogP contribution in [0.3, 0.4) is 0 Å². The first-order chi connectivity index (χ1) is 23.4. The van der Waals surface area contributed by atoms with Crippen LogP contribution >= 0.6 is 0 Å². The Kier molecular flexibility index (Phi) is 17.2. The summed E-state index contributed by atoms with van der Waals surface area (Å²) in [7, 11) is 0. The number of ether oxygens (including phenoxy) is 1. The predicted octanol–water partition coefficient (Wildman–Crippen LogP) is 7.55. The number of carboxylic acid groups (broad SMARTS) is 1. The molecule has 4 aromatic rings. The molecule has 0 spiro atoms. The zero-order valence-electron chi connectivity index (χ0n) is 27.8. The first-order valence-electron chi connectivity index (χ1n) is 16.8. The molecule has 0 heterocycles. The molecular formula is C41H51NO6. The number of benzene rings is 4. The summed E-state index contributed by atoms with van der Waals surface area (Å²) in [5.74, 6) is -0.826. The smallest absolute Gasteiger partial charge is 0.323 e. The van der Waals surface area contributed by atoms with Gasteiger partial charge in [-0.25, -0.2) is 0 Å². The Morgan fingerprint density at radius 3 is 1.79 bits per heavy atom. The molecule has 0 amide bonds. The summed E-state index contributed by atoms with van der Waals surface area (Å²) in [6.07, 6.45) is 9.13. The lowest BCUT2D eigenvalue weighted by Gasteiger charge is -2.31. The Hall–Kier alpha value is -4.27. The van der Waals surface area contributed by atoms with E-state index in [1.54, 1.807) is 12.1 Å². The van der Waals surface area contributed by atoms with Crippen molar-refractivity contribution in [1.29, 1.82) is 0 Å². The van der Waals surface area contributed by atoms with Crippen LogP contribution in [-0.2, 0) is 21.6 Å². The zero-order chi connectivity index (χ0) is 34.5. The summed E-state index contributed by atoms with van der Waals surface area (Å²) in [6.45, 7) is 6.49. The molecular weight excluding hydrogens is 602 g/mol. The Labute approximate surface area is 285 Å². The van der Waals surface area contributed by atoms with Gasteiger partial charge in [-0.15, -0.1) is 6.58 Å². The van der Waals surface area contributed by atoms with E-state index in [1.165, 1.54) is 6.07 Å². The predicted molar refractivity (Wildman–Crippen MR) is 192 cm³/mol. The van der Waals surface area contributed by atoms with Crippen LogP contribution in [-0.4, -0.2) is 52.7 Å². The highest BCUT2D eigenvalue weighted by atomic mass is 16.5. The molecule has 0 saturated heterocycles. The average molecular weight is 654 g/mol. The van der Waals surface area contributed by atoms with Crippen LogP contribution in [0.25, 0.3) is 0 Å². The van der Waals surface area contributed by atoms with Gasteiger partial charge in [-0.1, -0.05) is 116 Å². The van der Waals surface area contributed by atoms with Crippen molar-refractivity contribution in [2.24, 2.45) is 0 Å². The van der Waals surface area contributed by atoms with Gasteiger partial charge in [-0.2, -0.15) is 0 Å². The highest BCUT2D eigenvalue weighted by Crippen LogP contribution is 2.39. The van der Waals surface area contributed by atoms with E-state index < -0.39 is 17.5 Å². The summed E-state index contributed by atoms with van der Waals surface area (Å²) in [5, 5.41) is 42.3. The molecule has 4 aromatic carbocycles. The minimum Gasteiger partial charge on any atom is -0.508 e. The van der Waals surface area contributed by atoms with Gasteiger partial charge in [-0.3, -0.25) is 4.79 Å². The van der Waals surface area contributed by atoms with Crippen molar-refractivity contribution in [1.82, 2.24) is 5.32 Å². The van der Waals surface area contributed by atoms with Crippen molar-refractivity contribution < 1.29 is 30.0 Å². The Morgan fingerprint density at radius 2 is 1.29 bits per heavy atom. The van der Waals surface area contributed by atoms with Crippen molar-refractivity contribution in [3.63, 3.8) is 0 Å². The first-order valence-corrected chi connectivity index (χ1v) is 16.8.